The van der Waals surface area contributed by atoms with Gasteiger partial charge in [-0.3, -0.25) is 4.79 Å². The average Bonchev–Trinajstić information content (AvgIpc) is 2.74. The average molecular weight is 312 g/mol. The largest absolute Gasteiger partial charge is 0.294 e. The van der Waals surface area contributed by atoms with Crippen LogP contribution in [0.2, 0.25) is 0 Å². The van der Waals surface area contributed by atoms with Crippen molar-refractivity contribution in [1.82, 2.24) is 0 Å². The molecule has 0 N–H and O–H groups in total. The highest BCUT2D eigenvalue weighted by atomic mass is 127. The van der Waals surface area contributed by atoms with Crippen molar-refractivity contribution in [3.05, 3.63) is 45.0 Å². The fourth-order valence-electron chi connectivity index (χ4n) is 1.83. The third-order valence-electron chi connectivity index (χ3n) is 2.68. The standard InChI is InChI=1S/C13H13IO/c14-12-7-5-10(6-8-12)9-13(15)11-3-1-2-4-11/h3,5-8H,1-2,4,9H2. The van der Waals surface area contributed by atoms with Crippen molar-refractivity contribution in [3.8, 4) is 0 Å². The van der Waals surface area contributed by atoms with E-state index < -0.39 is 0 Å². The van der Waals surface area contributed by atoms with E-state index in [-0.39, 0.29) is 0 Å². The zero-order chi connectivity index (χ0) is 10.7. The lowest BCUT2D eigenvalue weighted by molar-refractivity contribution is -0.115. The fraction of sp³-hybridized carbons (Fsp3) is 0.308. The summed E-state index contributed by atoms with van der Waals surface area (Å²) in [5.74, 6) is 0.300. The highest BCUT2D eigenvalue weighted by molar-refractivity contribution is 14.1. The molecule has 1 aliphatic carbocycles. The molecule has 0 saturated heterocycles. The first-order chi connectivity index (χ1) is 7.25. The van der Waals surface area contributed by atoms with E-state index in [1.54, 1.807) is 0 Å². The highest BCUT2D eigenvalue weighted by Crippen LogP contribution is 2.20. The molecule has 0 heterocycles. The van der Waals surface area contributed by atoms with Crippen molar-refractivity contribution >= 4 is 28.4 Å². The zero-order valence-corrected chi connectivity index (χ0v) is 10.7. The first-order valence-corrected chi connectivity index (χ1v) is 6.30. The number of carbonyl (C=O) groups is 1. The summed E-state index contributed by atoms with van der Waals surface area (Å²) in [5.41, 5.74) is 2.15. The Morgan fingerprint density at radius 2 is 2.00 bits per heavy atom. The molecular formula is C13H13IO. The minimum absolute atomic E-state index is 0.300. The molecule has 0 radical (unpaired) electrons. The van der Waals surface area contributed by atoms with Crippen molar-refractivity contribution in [3.63, 3.8) is 0 Å². The summed E-state index contributed by atoms with van der Waals surface area (Å²) in [6.07, 6.45) is 5.85. The summed E-state index contributed by atoms with van der Waals surface area (Å²) in [7, 11) is 0. The molecule has 2 rings (SSSR count). The third kappa shape index (κ3) is 2.91. The molecule has 0 atom stereocenters. The molecule has 0 unspecified atom stereocenters. The minimum atomic E-state index is 0.300. The van der Waals surface area contributed by atoms with Gasteiger partial charge in [-0.25, -0.2) is 0 Å². The van der Waals surface area contributed by atoms with Crippen LogP contribution >= 0.6 is 22.6 Å². The van der Waals surface area contributed by atoms with Gasteiger partial charge < -0.3 is 0 Å². The number of rotatable bonds is 3. The number of hydrogen-bond donors (Lipinski definition) is 0. The highest BCUT2D eigenvalue weighted by Gasteiger charge is 2.13. The number of benzene rings is 1. The van der Waals surface area contributed by atoms with E-state index in [4.69, 9.17) is 0 Å². The third-order valence-corrected chi connectivity index (χ3v) is 3.40. The molecule has 15 heavy (non-hydrogen) atoms. The summed E-state index contributed by atoms with van der Waals surface area (Å²) < 4.78 is 1.21. The van der Waals surface area contributed by atoms with Crippen molar-refractivity contribution in [2.75, 3.05) is 0 Å². The van der Waals surface area contributed by atoms with E-state index in [2.05, 4.69) is 28.7 Å². The number of ketones is 1. The molecule has 78 valence electrons. The number of halogens is 1. The monoisotopic (exact) mass is 312 g/mol. The van der Waals surface area contributed by atoms with Gasteiger partial charge in [-0.1, -0.05) is 18.2 Å². The molecule has 1 nitrogen and oxygen atoms in total. The molecule has 0 spiro atoms. The molecule has 0 saturated carbocycles. The fourth-order valence-corrected chi connectivity index (χ4v) is 2.18. The Morgan fingerprint density at radius 3 is 2.60 bits per heavy atom. The molecule has 0 aliphatic heterocycles. The van der Waals surface area contributed by atoms with Crippen molar-refractivity contribution in [1.29, 1.82) is 0 Å². The van der Waals surface area contributed by atoms with E-state index in [1.165, 1.54) is 3.57 Å². The number of Topliss-reactive ketones (excluding diaryl/α,β-unsaturated/α-hetero) is 1. The number of hydrogen-bond acceptors (Lipinski definition) is 1. The Morgan fingerprint density at radius 1 is 1.27 bits per heavy atom. The van der Waals surface area contributed by atoms with Gasteiger partial charge in [-0.15, -0.1) is 0 Å². The molecule has 0 bridgehead atoms. The molecule has 1 aromatic carbocycles. The van der Waals surface area contributed by atoms with E-state index >= 15 is 0 Å². The second-order valence-electron chi connectivity index (χ2n) is 3.85. The SMILES string of the molecule is O=C(Cc1ccc(I)cc1)C1=CCCC1. The van der Waals surface area contributed by atoms with Gasteiger partial charge in [0.15, 0.2) is 5.78 Å². The Bertz CT molecular complexity index is 390. The van der Waals surface area contributed by atoms with Crippen LogP contribution in [0.5, 0.6) is 0 Å². The normalized spacial score (nSPS) is 15.1. The molecule has 0 aromatic heterocycles. The van der Waals surface area contributed by atoms with Gasteiger partial charge >= 0.3 is 0 Å². The van der Waals surface area contributed by atoms with E-state index in [1.807, 2.05) is 24.3 Å². The van der Waals surface area contributed by atoms with Gasteiger partial charge in [0.25, 0.3) is 0 Å². The summed E-state index contributed by atoms with van der Waals surface area (Å²) in [6, 6.07) is 8.17. The second kappa shape index (κ2) is 4.92. The Kier molecular flexibility index (Phi) is 3.57. The first kappa shape index (κ1) is 10.9. The quantitative estimate of drug-likeness (QED) is 0.781. The summed E-state index contributed by atoms with van der Waals surface area (Å²) >= 11 is 2.27. The van der Waals surface area contributed by atoms with Gasteiger partial charge in [0, 0.05) is 9.99 Å². The molecule has 1 aromatic rings. The van der Waals surface area contributed by atoms with Crippen LogP contribution in [0.1, 0.15) is 24.8 Å². The second-order valence-corrected chi connectivity index (χ2v) is 5.09. The lowest BCUT2D eigenvalue weighted by Crippen LogP contribution is -2.04. The van der Waals surface area contributed by atoms with Crippen LogP contribution in [0.3, 0.4) is 0 Å². The molecule has 1 aliphatic rings. The van der Waals surface area contributed by atoms with Crippen LogP contribution in [0.15, 0.2) is 35.9 Å². The molecule has 2 heteroatoms. The van der Waals surface area contributed by atoms with Crippen LogP contribution < -0.4 is 0 Å². The number of carbonyl (C=O) groups excluding carboxylic acids is 1. The van der Waals surface area contributed by atoms with Gasteiger partial charge in [0.2, 0.25) is 0 Å². The minimum Gasteiger partial charge on any atom is -0.294 e. The maximum absolute atomic E-state index is 11.8. The summed E-state index contributed by atoms with van der Waals surface area (Å²) in [4.78, 5) is 11.8. The van der Waals surface area contributed by atoms with Crippen molar-refractivity contribution in [2.24, 2.45) is 0 Å². The first-order valence-electron chi connectivity index (χ1n) is 5.22. The van der Waals surface area contributed by atoms with Crippen molar-refractivity contribution in [2.45, 2.75) is 25.7 Å². The predicted octanol–water partition coefficient (Wildman–Crippen LogP) is 3.51. The maximum Gasteiger partial charge on any atom is 0.162 e. The lowest BCUT2D eigenvalue weighted by atomic mass is 10.0. The Balaban J connectivity index is 2.02. The molecule has 0 amide bonds. The zero-order valence-electron chi connectivity index (χ0n) is 8.50. The molecule has 0 fully saturated rings. The predicted molar refractivity (Wildman–Crippen MR) is 69.8 cm³/mol. The van der Waals surface area contributed by atoms with Crippen LogP contribution in [0, 0.1) is 3.57 Å². The van der Waals surface area contributed by atoms with Crippen LogP contribution in [0.25, 0.3) is 0 Å². The van der Waals surface area contributed by atoms with E-state index in [9.17, 15) is 4.79 Å². The van der Waals surface area contributed by atoms with Gasteiger partial charge in [0.1, 0.15) is 0 Å². The molecular weight excluding hydrogens is 299 g/mol. The van der Waals surface area contributed by atoms with Crippen molar-refractivity contribution < 1.29 is 4.79 Å². The van der Waals surface area contributed by atoms with Crippen LogP contribution in [-0.2, 0) is 11.2 Å². The lowest BCUT2D eigenvalue weighted by Gasteiger charge is -2.02. The maximum atomic E-state index is 11.8. The topological polar surface area (TPSA) is 17.1 Å². The van der Waals surface area contributed by atoms with E-state index in [0.717, 1.165) is 30.4 Å². The van der Waals surface area contributed by atoms with Gasteiger partial charge in [0.05, 0.1) is 0 Å². The van der Waals surface area contributed by atoms with Gasteiger partial charge in [-0.05, 0) is 65.1 Å². The summed E-state index contributed by atoms with van der Waals surface area (Å²) in [5, 5.41) is 0. The van der Waals surface area contributed by atoms with Gasteiger partial charge in [-0.2, -0.15) is 0 Å². The van der Waals surface area contributed by atoms with E-state index in [0.29, 0.717) is 12.2 Å². The smallest absolute Gasteiger partial charge is 0.162 e. The Labute approximate surface area is 104 Å². The van der Waals surface area contributed by atoms with Crippen LogP contribution in [-0.4, -0.2) is 5.78 Å². The Hall–Kier alpha value is -0.640. The summed E-state index contributed by atoms with van der Waals surface area (Å²) in [6.45, 7) is 0. The number of allylic oxidation sites excluding steroid dienone is 2. The van der Waals surface area contributed by atoms with Crippen LogP contribution in [0.4, 0.5) is 0 Å².